The molecule has 0 saturated heterocycles. The first-order chi connectivity index (χ1) is 15.6. The van der Waals surface area contributed by atoms with Crippen LogP contribution >= 0.6 is 11.6 Å². The Balaban J connectivity index is 1.40. The Labute approximate surface area is 189 Å². The molecule has 5 aromatic rings. The van der Waals surface area contributed by atoms with Gasteiger partial charge in [-0.15, -0.1) is 0 Å². The van der Waals surface area contributed by atoms with E-state index < -0.39 is 0 Å². The zero-order chi connectivity index (χ0) is 22.1. The zero-order valence-corrected chi connectivity index (χ0v) is 18.0. The van der Waals surface area contributed by atoms with E-state index in [0.29, 0.717) is 28.5 Å². The molecule has 5 rings (SSSR count). The van der Waals surface area contributed by atoms with Crippen LogP contribution in [-0.2, 0) is 6.61 Å². The maximum absolute atomic E-state index is 6.36. The molecule has 1 aromatic carbocycles. The number of aromatic nitrogens is 5. The highest BCUT2D eigenvalue weighted by atomic mass is 35.5. The molecule has 0 unspecified atom stereocenters. The first kappa shape index (κ1) is 20.0. The fourth-order valence-electron chi connectivity index (χ4n) is 3.55. The van der Waals surface area contributed by atoms with Gasteiger partial charge in [0.15, 0.2) is 5.65 Å². The Bertz CT molecular complexity index is 1430. The molecule has 8 nitrogen and oxygen atoms in total. The summed E-state index contributed by atoms with van der Waals surface area (Å²) in [4.78, 5) is 17.3. The molecular formula is C23H20ClN7O. The minimum absolute atomic E-state index is 0.341. The van der Waals surface area contributed by atoms with Gasteiger partial charge in [0.2, 0.25) is 0 Å². The topological polar surface area (TPSA) is 104 Å². The molecular weight excluding hydrogens is 426 g/mol. The second-order valence-electron chi connectivity index (χ2n) is 7.23. The van der Waals surface area contributed by atoms with Crippen LogP contribution in [0.15, 0.2) is 61.3 Å². The van der Waals surface area contributed by atoms with Crippen LogP contribution in [0.1, 0.15) is 12.5 Å². The van der Waals surface area contributed by atoms with E-state index in [9.17, 15) is 0 Å². The number of benzene rings is 1. The molecule has 0 aliphatic rings. The molecule has 0 atom stereocenters. The molecule has 9 heteroatoms. The standard InChI is InChI=1S/C23H20ClN7O/c1-2-27-20-6-4-15-3-5-17(8-19(15)30-20)32-12-14-7-16(10-26-9-14)31-11-18(24)21-22(25)28-13-29-23(21)31/h3-11,13H,2,12H2,1H3,(H,27,30)(H2,25,28,29). The highest BCUT2D eigenvalue weighted by Gasteiger charge is 2.13. The van der Waals surface area contributed by atoms with Crippen LogP contribution in [0, 0.1) is 0 Å². The second-order valence-corrected chi connectivity index (χ2v) is 7.63. The number of nitrogens with zero attached hydrogens (tertiary/aromatic N) is 5. The first-order valence-electron chi connectivity index (χ1n) is 10.1. The van der Waals surface area contributed by atoms with E-state index in [1.54, 1.807) is 18.6 Å². The lowest BCUT2D eigenvalue weighted by molar-refractivity contribution is 0.306. The van der Waals surface area contributed by atoms with Crippen LogP contribution in [0.4, 0.5) is 11.6 Å². The lowest BCUT2D eigenvalue weighted by Gasteiger charge is -2.10. The number of fused-ring (bicyclic) bond motifs is 2. The number of hydrogen-bond donors (Lipinski definition) is 2. The number of nitrogens with two attached hydrogens (primary N) is 1. The number of pyridine rings is 2. The summed E-state index contributed by atoms with van der Waals surface area (Å²) in [5, 5.41) is 5.39. The molecule has 32 heavy (non-hydrogen) atoms. The van der Waals surface area contributed by atoms with Gasteiger partial charge in [0.05, 0.1) is 27.8 Å². The second kappa shape index (κ2) is 8.32. The van der Waals surface area contributed by atoms with Crippen LogP contribution in [0.3, 0.4) is 0 Å². The normalized spacial score (nSPS) is 11.2. The van der Waals surface area contributed by atoms with E-state index in [0.717, 1.165) is 40.3 Å². The summed E-state index contributed by atoms with van der Waals surface area (Å²) in [5.41, 5.74) is 9.16. The average Bonchev–Trinajstić information content (AvgIpc) is 3.15. The van der Waals surface area contributed by atoms with Gasteiger partial charge in [-0.3, -0.25) is 9.55 Å². The van der Waals surface area contributed by atoms with Crippen molar-refractivity contribution in [2.24, 2.45) is 0 Å². The Morgan fingerprint density at radius 1 is 1.12 bits per heavy atom. The van der Waals surface area contributed by atoms with Gasteiger partial charge in [0.1, 0.15) is 30.3 Å². The number of halogens is 1. The maximum atomic E-state index is 6.36. The molecule has 160 valence electrons. The minimum Gasteiger partial charge on any atom is -0.489 e. The van der Waals surface area contributed by atoms with Crippen LogP contribution in [-0.4, -0.2) is 31.0 Å². The Kier molecular flexibility index (Phi) is 5.20. The molecule has 0 radical (unpaired) electrons. The van der Waals surface area contributed by atoms with Crippen molar-refractivity contribution >= 4 is 45.2 Å². The lowest BCUT2D eigenvalue weighted by Crippen LogP contribution is -2.01. The van der Waals surface area contributed by atoms with E-state index >= 15 is 0 Å². The van der Waals surface area contributed by atoms with Crippen molar-refractivity contribution in [3.63, 3.8) is 0 Å². The van der Waals surface area contributed by atoms with Crippen molar-refractivity contribution in [2.45, 2.75) is 13.5 Å². The van der Waals surface area contributed by atoms with Crippen LogP contribution < -0.4 is 15.8 Å². The zero-order valence-electron chi connectivity index (χ0n) is 17.3. The monoisotopic (exact) mass is 445 g/mol. The SMILES string of the molecule is CCNc1ccc2ccc(OCc3cncc(-n4cc(Cl)c5c(N)ncnc54)c3)cc2n1. The third-order valence-electron chi connectivity index (χ3n) is 5.05. The van der Waals surface area contributed by atoms with E-state index in [4.69, 9.17) is 22.1 Å². The molecule has 0 bridgehead atoms. The van der Waals surface area contributed by atoms with Gasteiger partial charge in [0.25, 0.3) is 0 Å². The number of nitrogens with one attached hydrogen (secondary N) is 1. The van der Waals surface area contributed by atoms with Gasteiger partial charge in [-0.1, -0.05) is 11.6 Å². The number of rotatable bonds is 6. The van der Waals surface area contributed by atoms with Gasteiger partial charge < -0.3 is 15.8 Å². The highest BCUT2D eigenvalue weighted by molar-refractivity contribution is 6.36. The summed E-state index contributed by atoms with van der Waals surface area (Å²) in [7, 11) is 0. The average molecular weight is 446 g/mol. The Morgan fingerprint density at radius 3 is 2.88 bits per heavy atom. The third-order valence-corrected chi connectivity index (χ3v) is 5.34. The molecule has 3 N–H and O–H groups in total. The van der Waals surface area contributed by atoms with Crippen molar-refractivity contribution in [1.82, 2.24) is 24.5 Å². The maximum Gasteiger partial charge on any atom is 0.151 e. The number of nitrogen functional groups attached to an aromatic ring is 1. The fraction of sp³-hybridized carbons (Fsp3) is 0.130. The quantitative estimate of drug-likeness (QED) is 0.393. The Morgan fingerprint density at radius 2 is 2.00 bits per heavy atom. The van der Waals surface area contributed by atoms with Crippen LogP contribution in [0.25, 0.3) is 27.6 Å². The predicted molar refractivity (Wildman–Crippen MR) is 126 cm³/mol. The molecule has 0 fully saturated rings. The summed E-state index contributed by atoms with van der Waals surface area (Å²) in [6, 6.07) is 11.9. The fourth-order valence-corrected chi connectivity index (χ4v) is 3.83. The molecule has 0 aliphatic heterocycles. The molecule has 0 aliphatic carbocycles. The summed E-state index contributed by atoms with van der Waals surface area (Å²) < 4.78 is 7.86. The van der Waals surface area contributed by atoms with Gasteiger partial charge in [-0.2, -0.15) is 0 Å². The van der Waals surface area contributed by atoms with E-state index in [-0.39, 0.29) is 0 Å². The summed E-state index contributed by atoms with van der Waals surface area (Å²) in [6.07, 6.45) is 6.68. The van der Waals surface area contributed by atoms with E-state index in [1.165, 1.54) is 6.33 Å². The van der Waals surface area contributed by atoms with Crippen molar-refractivity contribution in [1.29, 1.82) is 0 Å². The summed E-state index contributed by atoms with van der Waals surface area (Å²) >= 11 is 6.36. The number of ether oxygens (including phenoxy) is 1. The third kappa shape index (κ3) is 3.76. The highest BCUT2D eigenvalue weighted by Crippen LogP contribution is 2.30. The van der Waals surface area contributed by atoms with Gasteiger partial charge in [0, 0.05) is 36.0 Å². The van der Waals surface area contributed by atoms with Gasteiger partial charge in [-0.05, 0) is 37.3 Å². The molecule has 4 aromatic heterocycles. The molecule has 4 heterocycles. The van der Waals surface area contributed by atoms with E-state index in [1.807, 2.05) is 47.9 Å². The van der Waals surface area contributed by atoms with Crippen LogP contribution in [0.2, 0.25) is 5.02 Å². The van der Waals surface area contributed by atoms with Crippen molar-refractivity contribution in [3.8, 4) is 11.4 Å². The first-order valence-corrected chi connectivity index (χ1v) is 10.5. The number of anilines is 2. The minimum atomic E-state index is 0.341. The van der Waals surface area contributed by atoms with Crippen molar-refractivity contribution < 1.29 is 4.74 Å². The molecule has 0 amide bonds. The molecule has 0 spiro atoms. The number of hydrogen-bond acceptors (Lipinski definition) is 7. The Hall–Kier alpha value is -3.91. The predicted octanol–water partition coefficient (Wildman–Crippen LogP) is 4.61. The van der Waals surface area contributed by atoms with Gasteiger partial charge in [-0.25, -0.2) is 15.0 Å². The largest absolute Gasteiger partial charge is 0.489 e. The summed E-state index contributed by atoms with van der Waals surface area (Å²) in [5.74, 6) is 1.92. The lowest BCUT2D eigenvalue weighted by atomic mass is 10.2. The smallest absolute Gasteiger partial charge is 0.151 e. The van der Waals surface area contributed by atoms with Crippen LogP contribution in [0.5, 0.6) is 5.75 Å². The van der Waals surface area contributed by atoms with E-state index in [2.05, 4.69) is 25.3 Å². The van der Waals surface area contributed by atoms with Gasteiger partial charge >= 0.3 is 0 Å². The van der Waals surface area contributed by atoms with Crippen molar-refractivity contribution in [2.75, 3.05) is 17.6 Å². The summed E-state index contributed by atoms with van der Waals surface area (Å²) in [6.45, 7) is 3.21. The molecule has 0 saturated carbocycles. The van der Waals surface area contributed by atoms with Crippen molar-refractivity contribution in [3.05, 3.63) is 71.9 Å².